The van der Waals surface area contributed by atoms with Gasteiger partial charge in [-0.1, -0.05) is 6.07 Å². The van der Waals surface area contributed by atoms with Crippen molar-refractivity contribution in [2.75, 3.05) is 58.9 Å². The Morgan fingerprint density at radius 1 is 1.24 bits per heavy atom. The van der Waals surface area contributed by atoms with Gasteiger partial charge in [-0.25, -0.2) is 0 Å². The SMILES string of the molecule is CCN(CCO)c1ccc(CNCCN(C)C)cc1OC. The van der Waals surface area contributed by atoms with Gasteiger partial charge in [-0.05, 0) is 38.7 Å². The Balaban J connectivity index is 2.69. The predicted molar refractivity (Wildman–Crippen MR) is 88.2 cm³/mol. The molecule has 0 aliphatic rings. The minimum atomic E-state index is 0.144. The maximum absolute atomic E-state index is 9.14. The van der Waals surface area contributed by atoms with E-state index in [1.807, 2.05) is 0 Å². The summed E-state index contributed by atoms with van der Waals surface area (Å²) in [6, 6.07) is 6.25. The van der Waals surface area contributed by atoms with E-state index in [0.717, 1.165) is 37.6 Å². The van der Waals surface area contributed by atoms with Crippen molar-refractivity contribution in [1.29, 1.82) is 0 Å². The van der Waals surface area contributed by atoms with Gasteiger partial charge in [-0.3, -0.25) is 0 Å². The Hall–Kier alpha value is -1.30. The van der Waals surface area contributed by atoms with E-state index in [-0.39, 0.29) is 6.61 Å². The normalized spacial score (nSPS) is 11.0. The molecule has 1 aromatic rings. The van der Waals surface area contributed by atoms with Gasteiger partial charge in [0.2, 0.25) is 0 Å². The molecule has 120 valence electrons. The minimum Gasteiger partial charge on any atom is -0.495 e. The van der Waals surface area contributed by atoms with Crippen LogP contribution in [-0.2, 0) is 6.54 Å². The smallest absolute Gasteiger partial charge is 0.142 e. The van der Waals surface area contributed by atoms with Gasteiger partial charge in [0.05, 0.1) is 19.4 Å². The third kappa shape index (κ3) is 5.91. The van der Waals surface area contributed by atoms with Crippen LogP contribution in [0.1, 0.15) is 12.5 Å². The van der Waals surface area contributed by atoms with Gasteiger partial charge >= 0.3 is 0 Å². The highest BCUT2D eigenvalue weighted by Crippen LogP contribution is 2.29. The highest BCUT2D eigenvalue weighted by atomic mass is 16.5. The molecular formula is C16H29N3O2. The van der Waals surface area contributed by atoms with Crippen LogP contribution in [0.5, 0.6) is 5.75 Å². The maximum atomic E-state index is 9.14. The molecule has 1 aromatic carbocycles. The molecule has 0 aliphatic carbocycles. The van der Waals surface area contributed by atoms with Gasteiger partial charge in [-0.15, -0.1) is 0 Å². The van der Waals surface area contributed by atoms with Gasteiger partial charge in [-0.2, -0.15) is 0 Å². The summed E-state index contributed by atoms with van der Waals surface area (Å²) in [7, 11) is 5.83. The number of nitrogens with one attached hydrogen (secondary N) is 1. The first-order valence-corrected chi connectivity index (χ1v) is 7.50. The molecule has 0 bridgehead atoms. The summed E-state index contributed by atoms with van der Waals surface area (Å²) in [4.78, 5) is 4.27. The van der Waals surface area contributed by atoms with Gasteiger partial charge in [0.1, 0.15) is 5.75 Å². The summed E-state index contributed by atoms with van der Waals surface area (Å²) in [5, 5.41) is 12.6. The summed E-state index contributed by atoms with van der Waals surface area (Å²) in [5.74, 6) is 0.859. The molecule has 2 N–H and O–H groups in total. The highest BCUT2D eigenvalue weighted by molar-refractivity contribution is 5.59. The molecule has 5 nitrogen and oxygen atoms in total. The number of hydrogen-bond donors (Lipinski definition) is 2. The zero-order chi connectivity index (χ0) is 15.7. The van der Waals surface area contributed by atoms with Crippen LogP contribution in [0.15, 0.2) is 18.2 Å². The van der Waals surface area contributed by atoms with E-state index < -0.39 is 0 Å². The first-order chi connectivity index (χ1) is 10.1. The summed E-state index contributed by atoms with van der Waals surface area (Å²) in [6.07, 6.45) is 0. The fourth-order valence-corrected chi connectivity index (χ4v) is 2.20. The number of benzene rings is 1. The average Bonchev–Trinajstić information content (AvgIpc) is 2.49. The molecule has 0 unspecified atom stereocenters. The Kier molecular flexibility index (Phi) is 8.12. The van der Waals surface area contributed by atoms with Crippen molar-refractivity contribution in [3.63, 3.8) is 0 Å². The molecule has 0 heterocycles. The number of nitrogens with zero attached hydrogens (tertiary/aromatic N) is 2. The molecule has 0 fully saturated rings. The Morgan fingerprint density at radius 2 is 2.00 bits per heavy atom. The van der Waals surface area contributed by atoms with E-state index >= 15 is 0 Å². The van der Waals surface area contributed by atoms with Crippen LogP contribution in [0.25, 0.3) is 0 Å². The van der Waals surface area contributed by atoms with Crippen molar-refractivity contribution < 1.29 is 9.84 Å². The summed E-state index contributed by atoms with van der Waals surface area (Å²) in [6.45, 7) is 6.50. The molecule has 0 saturated carbocycles. The van der Waals surface area contributed by atoms with Crippen molar-refractivity contribution in [3.05, 3.63) is 23.8 Å². The molecule has 0 aliphatic heterocycles. The van der Waals surface area contributed by atoms with Gasteiger partial charge < -0.3 is 25.0 Å². The van der Waals surface area contributed by atoms with E-state index in [2.05, 4.69) is 54.3 Å². The van der Waals surface area contributed by atoms with E-state index in [9.17, 15) is 0 Å². The van der Waals surface area contributed by atoms with E-state index in [1.54, 1.807) is 7.11 Å². The predicted octanol–water partition coefficient (Wildman–Crippen LogP) is 1.17. The first kappa shape index (κ1) is 17.8. The standard InChI is InChI=1S/C16H29N3O2/c1-5-19(10-11-20)15-7-6-14(12-16(15)21-4)13-17-8-9-18(2)3/h6-7,12,17,20H,5,8-11,13H2,1-4H3. The van der Waals surface area contributed by atoms with Crippen molar-refractivity contribution in [3.8, 4) is 5.75 Å². The molecule has 0 saturated heterocycles. The van der Waals surface area contributed by atoms with Crippen LogP contribution in [0.2, 0.25) is 0 Å². The second kappa shape index (κ2) is 9.60. The number of likely N-dealkylation sites (N-methyl/N-ethyl adjacent to an activating group) is 2. The first-order valence-electron chi connectivity index (χ1n) is 7.50. The van der Waals surface area contributed by atoms with Gasteiger partial charge in [0.15, 0.2) is 0 Å². The Bertz CT molecular complexity index is 411. The zero-order valence-corrected chi connectivity index (χ0v) is 13.7. The molecule has 21 heavy (non-hydrogen) atoms. The van der Waals surface area contributed by atoms with Crippen LogP contribution < -0.4 is 15.0 Å². The lowest BCUT2D eigenvalue weighted by Crippen LogP contribution is -2.27. The van der Waals surface area contributed by atoms with E-state index in [0.29, 0.717) is 6.54 Å². The number of rotatable bonds is 10. The van der Waals surface area contributed by atoms with Gasteiger partial charge in [0, 0.05) is 32.7 Å². The molecule has 0 aromatic heterocycles. The second-order valence-corrected chi connectivity index (χ2v) is 5.29. The third-order valence-corrected chi connectivity index (χ3v) is 3.40. The van der Waals surface area contributed by atoms with Gasteiger partial charge in [0.25, 0.3) is 0 Å². The third-order valence-electron chi connectivity index (χ3n) is 3.40. The van der Waals surface area contributed by atoms with Crippen molar-refractivity contribution >= 4 is 5.69 Å². The van der Waals surface area contributed by atoms with Crippen molar-refractivity contribution in [2.24, 2.45) is 0 Å². The van der Waals surface area contributed by atoms with Crippen molar-refractivity contribution in [1.82, 2.24) is 10.2 Å². The lowest BCUT2D eigenvalue weighted by molar-refractivity contribution is 0.302. The number of anilines is 1. The number of methoxy groups -OCH3 is 1. The molecular weight excluding hydrogens is 266 g/mol. The fourth-order valence-electron chi connectivity index (χ4n) is 2.20. The number of ether oxygens (including phenoxy) is 1. The Morgan fingerprint density at radius 3 is 2.57 bits per heavy atom. The zero-order valence-electron chi connectivity index (χ0n) is 13.7. The fraction of sp³-hybridized carbons (Fsp3) is 0.625. The van der Waals surface area contributed by atoms with Crippen LogP contribution in [-0.4, -0.2) is 64.0 Å². The molecule has 0 amide bonds. The molecule has 5 heteroatoms. The van der Waals surface area contributed by atoms with Crippen LogP contribution >= 0.6 is 0 Å². The lowest BCUT2D eigenvalue weighted by atomic mass is 10.1. The number of aliphatic hydroxyl groups excluding tert-OH is 1. The molecule has 0 radical (unpaired) electrons. The largest absolute Gasteiger partial charge is 0.495 e. The summed E-state index contributed by atoms with van der Waals surface area (Å²) < 4.78 is 5.50. The summed E-state index contributed by atoms with van der Waals surface area (Å²) in [5.41, 5.74) is 2.24. The van der Waals surface area contributed by atoms with Crippen molar-refractivity contribution in [2.45, 2.75) is 13.5 Å². The van der Waals surface area contributed by atoms with Crippen LogP contribution in [0, 0.1) is 0 Å². The monoisotopic (exact) mass is 295 g/mol. The molecule has 1 rings (SSSR count). The maximum Gasteiger partial charge on any atom is 0.142 e. The molecule has 0 atom stereocenters. The lowest BCUT2D eigenvalue weighted by Gasteiger charge is -2.24. The van der Waals surface area contributed by atoms with Crippen LogP contribution in [0.4, 0.5) is 5.69 Å². The van der Waals surface area contributed by atoms with Crippen LogP contribution in [0.3, 0.4) is 0 Å². The topological polar surface area (TPSA) is 48.0 Å². The number of hydrogen-bond acceptors (Lipinski definition) is 5. The minimum absolute atomic E-state index is 0.144. The van der Waals surface area contributed by atoms with E-state index in [4.69, 9.17) is 9.84 Å². The molecule has 0 spiro atoms. The van der Waals surface area contributed by atoms with E-state index in [1.165, 1.54) is 5.56 Å². The second-order valence-electron chi connectivity index (χ2n) is 5.29. The summed E-state index contributed by atoms with van der Waals surface area (Å²) >= 11 is 0. The average molecular weight is 295 g/mol. The highest BCUT2D eigenvalue weighted by Gasteiger charge is 2.10. The quantitative estimate of drug-likeness (QED) is 0.635. The Labute approximate surface area is 128 Å². The number of aliphatic hydroxyl groups is 1.